The van der Waals surface area contributed by atoms with Crippen molar-refractivity contribution in [1.82, 2.24) is 0 Å². The van der Waals surface area contributed by atoms with Crippen molar-refractivity contribution in [3.8, 4) is 6.07 Å². The molecule has 0 aliphatic carbocycles. The van der Waals surface area contributed by atoms with Crippen LogP contribution in [0.1, 0.15) is 12.5 Å². The molecule has 0 bridgehead atoms. The molecule has 0 heterocycles. The highest BCUT2D eigenvalue weighted by Gasteiger charge is 2.14. The molecule has 0 radical (unpaired) electrons. The maximum Gasteiger partial charge on any atom is 0.349 e. The van der Waals surface area contributed by atoms with E-state index in [9.17, 15) is 4.79 Å². The summed E-state index contributed by atoms with van der Waals surface area (Å²) >= 11 is 5.76. The fraction of sp³-hybridized carbons (Fsp3) is 0.286. The number of benzene rings is 1. The lowest BCUT2D eigenvalue weighted by Gasteiger charge is -2.11. The van der Waals surface area contributed by atoms with Crippen LogP contribution >= 0.6 is 11.6 Å². The number of carbonyl (C=O) groups excluding carboxylic acids is 1. The molecule has 0 aromatic heterocycles. The van der Waals surface area contributed by atoms with Crippen LogP contribution in [-0.4, -0.2) is 25.8 Å². The summed E-state index contributed by atoms with van der Waals surface area (Å²) in [7, 11) is 1.51. The normalized spacial score (nSPS) is 12.6. The van der Waals surface area contributed by atoms with Crippen LogP contribution < -0.4 is 0 Å². The lowest BCUT2D eigenvalue weighted by Crippen LogP contribution is -2.20. The molecule has 19 heavy (non-hydrogen) atoms. The Kier molecular flexibility index (Phi) is 6.07. The molecular formula is C14H14ClNO3. The molecule has 1 atom stereocenters. The van der Waals surface area contributed by atoms with Crippen LogP contribution in [0.3, 0.4) is 0 Å². The molecule has 4 nitrogen and oxygen atoms in total. The van der Waals surface area contributed by atoms with Crippen LogP contribution in [0.15, 0.2) is 29.8 Å². The molecular weight excluding hydrogens is 266 g/mol. The predicted octanol–water partition coefficient (Wildman–Crippen LogP) is 2.83. The van der Waals surface area contributed by atoms with Crippen molar-refractivity contribution in [3.63, 3.8) is 0 Å². The maximum atomic E-state index is 11.7. The molecule has 0 saturated heterocycles. The van der Waals surface area contributed by atoms with Gasteiger partial charge in [0.25, 0.3) is 0 Å². The average Bonchev–Trinajstić information content (AvgIpc) is 2.38. The van der Waals surface area contributed by atoms with Crippen molar-refractivity contribution < 1.29 is 14.3 Å². The molecule has 0 fully saturated rings. The average molecular weight is 280 g/mol. The van der Waals surface area contributed by atoms with E-state index in [1.807, 2.05) is 6.07 Å². The van der Waals surface area contributed by atoms with Gasteiger partial charge in [0.05, 0.1) is 6.61 Å². The molecule has 0 amide bonds. The first-order chi connectivity index (χ1) is 9.06. The van der Waals surface area contributed by atoms with Gasteiger partial charge in [-0.1, -0.05) is 23.7 Å². The van der Waals surface area contributed by atoms with Crippen LogP contribution in [0.2, 0.25) is 5.02 Å². The van der Waals surface area contributed by atoms with Gasteiger partial charge < -0.3 is 9.47 Å². The summed E-state index contributed by atoms with van der Waals surface area (Å²) in [5.41, 5.74) is 0.641. The minimum absolute atomic E-state index is 0.0646. The Morgan fingerprint density at radius 2 is 2.11 bits per heavy atom. The summed E-state index contributed by atoms with van der Waals surface area (Å²) < 4.78 is 9.91. The van der Waals surface area contributed by atoms with Crippen LogP contribution in [-0.2, 0) is 14.3 Å². The van der Waals surface area contributed by atoms with E-state index in [1.165, 1.54) is 13.2 Å². The minimum atomic E-state index is -0.665. The lowest BCUT2D eigenvalue weighted by molar-refractivity contribution is -0.145. The summed E-state index contributed by atoms with van der Waals surface area (Å²) in [5, 5.41) is 9.57. The standard InChI is InChI=1S/C14H14ClNO3/c1-10(9-18-2)19-14(17)12(8-16)7-11-3-5-13(15)6-4-11/h3-7,10H,9H2,1-2H3. The molecule has 0 N–H and O–H groups in total. The molecule has 0 spiro atoms. The molecule has 0 aliphatic rings. The smallest absolute Gasteiger partial charge is 0.349 e. The zero-order valence-electron chi connectivity index (χ0n) is 10.7. The van der Waals surface area contributed by atoms with E-state index >= 15 is 0 Å². The van der Waals surface area contributed by atoms with Gasteiger partial charge in [0.2, 0.25) is 0 Å². The van der Waals surface area contributed by atoms with Gasteiger partial charge >= 0.3 is 5.97 Å². The van der Waals surface area contributed by atoms with Crippen LogP contribution in [0.4, 0.5) is 0 Å². The molecule has 1 aromatic carbocycles. The molecule has 1 unspecified atom stereocenters. The number of rotatable bonds is 5. The molecule has 0 saturated carbocycles. The highest BCUT2D eigenvalue weighted by Crippen LogP contribution is 2.13. The van der Waals surface area contributed by atoms with Crippen molar-refractivity contribution in [1.29, 1.82) is 5.26 Å². The molecule has 1 aromatic rings. The number of esters is 1. The second-order valence-corrected chi connectivity index (χ2v) is 4.33. The van der Waals surface area contributed by atoms with Gasteiger partial charge in [-0.05, 0) is 30.7 Å². The van der Waals surface area contributed by atoms with Crippen molar-refractivity contribution in [2.75, 3.05) is 13.7 Å². The summed E-state index contributed by atoms with van der Waals surface area (Å²) in [6.07, 6.45) is 1.05. The topological polar surface area (TPSA) is 59.3 Å². The van der Waals surface area contributed by atoms with Crippen LogP contribution in [0.5, 0.6) is 0 Å². The summed E-state index contributed by atoms with van der Waals surface area (Å²) in [6.45, 7) is 1.98. The Labute approximate surface area is 117 Å². The van der Waals surface area contributed by atoms with Gasteiger partial charge in [-0.15, -0.1) is 0 Å². The zero-order valence-corrected chi connectivity index (χ0v) is 11.5. The SMILES string of the molecule is COCC(C)OC(=O)C(C#N)=Cc1ccc(Cl)cc1. The fourth-order valence-electron chi connectivity index (χ4n) is 1.38. The van der Waals surface area contributed by atoms with E-state index in [0.717, 1.165) is 0 Å². The summed E-state index contributed by atoms with van der Waals surface area (Å²) in [4.78, 5) is 11.7. The summed E-state index contributed by atoms with van der Waals surface area (Å²) in [5.74, 6) is -0.665. The van der Waals surface area contributed by atoms with Crippen molar-refractivity contribution >= 4 is 23.6 Å². The second-order valence-electron chi connectivity index (χ2n) is 3.89. The van der Waals surface area contributed by atoms with Gasteiger partial charge in [0.15, 0.2) is 0 Å². The zero-order chi connectivity index (χ0) is 14.3. The fourth-order valence-corrected chi connectivity index (χ4v) is 1.50. The van der Waals surface area contributed by atoms with Crippen molar-refractivity contribution in [2.45, 2.75) is 13.0 Å². The number of carbonyl (C=O) groups is 1. The number of methoxy groups -OCH3 is 1. The number of hydrogen-bond acceptors (Lipinski definition) is 4. The van der Waals surface area contributed by atoms with Gasteiger partial charge in [0.1, 0.15) is 17.7 Å². The molecule has 5 heteroatoms. The third kappa shape index (κ3) is 5.12. The minimum Gasteiger partial charge on any atom is -0.456 e. The van der Waals surface area contributed by atoms with Gasteiger partial charge in [-0.25, -0.2) is 4.79 Å². The summed E-state index contributed by atoms with van der Waals surface area (Å²) in [6, 6.07) is 8.62. The van der Waals surface area contributed by atoms with E-state index < -0.39 is 12.1 Å². The third-order valence-electron chi connectivity index (χ3n) is 2.23. The van der Waals surface area contributed by atoms with Gasteiger partial charge in [-0.3, -0.25) is 0 Å². The largest absolute Gasteiger partial charge is 0.456 e. The number of halogens is 1. The Hall–Kier alpha value is -1.83. The van der Waals surface area contributed by atoms with Gasteiger partial charge in [-0.2, -0.15) is 5.26 Å². The van der Waals surface area contributed by atoms with Crippen LogP contribution in [0, 0.1) is 11.3 Å². The number of nitrogens with zero attached hydrogens (tertiary/aromatic N) is 1. The first kappa shape index (κ1) is 15.2. The first-order valence-electron chi connectivity index (χ1n) is 5.64. The Balaban J connectivity index is 2.80. The van der Waals surface area contributed by atoms with E-state index in [4.69, 9.17) is 26.3 Å². The van der Waals surface area contributed by atoms with E-state index in [1.54, 1.807) is 31.2 Å². The van der Waals surface area contributed by atoms with E-state index in [0.29, 0.717) is 10.6 Å². The lowest BCUT2D eigenvalue weighted by atomic mass is 10.1. The monoisotopic (exact) mass is 279 g/mol. The Morgan fingerprint density at radius 1 is 1.47 bits per heavy atom. The molecule has 100 valence electrons. The highest BCUT2D eigenvalue weighted by atomic mass is 35.5. The number of nitriles is 1. The first-order valence-corrected chi connectivity index (χ1v) is 6.02. The molecule has 0 aliphatic heterocycles. The third-order valence-corrected chi connectivity index (χ3v) is 2.48. The van der Waals surface area contributed by atoms with Gasteiger partial charge in [0, 0.05) is 12.1 Å². The van der Waals surface area contributed by atoms with E-state index in [2.05, 4.69) is 0 Å². The second kappa shape index (κ2) is 7.57. The number of hydrogen-bond donors (Lipinski definition) is 0. The Bertz CT molecular complexity index is 502. The quantitative estimate of drug-likeness (QED) is 0.472. The Morgan fingerprint density at radius 3 is 2.63 bits per heavy atom. The van der Waals surface area contributed by atoms with Crippen molar-refractivity contribution in [3.05, 3.63) is 40.4 Å². The number of ether oxygens (including phenoxy) is 2. The highest BCUT2D eigenvalue weighted by molar-refractivity contribution is 6.30. The predicted molar refractivity (Wildman–Crippen MR) is 72.5 cm³/mol. The van der Waals surface area contributed by atoms with Crippen LogP contribution in [0.25, 0.3) is 6.08 Å². The maximum absolute atomic E-state index is 11.7. The molecule has 1 rings (SSSR count). The van der Waals surface area contributed by atoms with E-state index in [-0.39, 0.29) is 12.2 Å². The van der Waals surface area contributed by atoms with Crippen molar-refractivity contribution in [2.24, 2.45) is 0 Å².